The molecule has 0 radical (unpaired) electrons. The average molecular weight is 264 g/mol. The largest absolute Gasteiger partial charge is 0.396 e. The van der Waals surface area contributed by atoms with E-state index >= 15 is 0 Å². The lowest BCUT2D eigenvalue weighted by atomic mass is 9.83. The fourth-order valence-corrected chi connectivity index (χ4v) is 6.11. The van der Waals surface area contributed by atoms with E-state index in [0.717, 1.165) is 25.7 Å². The standard InChI is InChI=1S/C12H24O2S2/c1-11(2,5-7-14)10-12(4-3-6-13)15-8-9-16-12/h13-14H,3-10H2,1-2H3. The van der Waals surface area contributed by atoms with Crippen LogP contribution < -0.4 is 0 Å². The quantitative estimate of drug-likeness (QED) is 0.742. The zero-order valence-electron chi connectivity index (χ0n) is 10.4. The van der Waals surface area contributed by atoms with Crippen LogP contribution in [-0.2, 0) is 0 Å². The minimum Gasteiger partial charge on any atom is -0.396 e. The zero-order valence-corrected chi connectivity index (χ0v) is 12.0. The van der Waals surface area contributed by atoms with Crippen molar-refractivity contribution in [2.24, 2.45) is 5.41 Å². The molecule has 2 nitrogen and oxygen atoms in total. The van der Waals surface area contributed by atoms with Gasteiger partial charge in [-0.3, -0.25) is 0 Å². The van der Waals surface area contributed by atoms with E-state index in [2.05, 4.69) is 37.4 Å². The number of aliphatic hydroxyl groups is 2. The van der Waals surface area contributed by atoms with Gasteiger partial charge in [0.2, 0.25) is 0 Å². The summed E-state index contributed by atoms with van der Waals surface area (Å²) in [5.74, 6) is 2.45. The first-order valence-corrected chi connectivity index (χ1v) is 8.00. The second kappa shape index (κ2) is 6.53. The second-order valence-electron chi connectivity index (χ2n) is 5.25. The van der Waals surface area contributed by atoms with Gasteiger partial charge in [-0.25, -0.2) is 0 Å². The van der Waals surface area contributed by atoms with Gasteiger partial charge in [-0.05, 0) is 31.1 Å². The Balaban J connectivity index is 2.56. The van der Waals surface area contributed by atoms with E-state index in [0.29, 0.717) is 10.7 Å². The summed E-state index contributed by atoms with van der Waals surface area (Å²) in [4.78, 5) is 0. The summed E-state index contributed by atoms with van der Waals surface area (Å²) in [7, 11) is 0. The van der Waals surface area contributed by atoms with E-state index in [1.807, 2.05) is 0 Å². The molecule has 1 rings (SSSR count). The van der Waals surface area contributed by atoms with Crippen LogP contribution in [0, 0.1) is 5.41 Å². The molecule has 1 fully saturated rings. The fourth-order valence-electron chi connectivity index (χ4n) is 2.30. The first-order valence-electron chi connectivity index (χ1n) is 6.03. The minimum atomic E-state index is 0.203. The van der Waals surface area contributed by atoms with Crippen molar-refractivity contribution in [3.8, 4) is 0 Å². The van der Waals surface area contributed by atoms with Gasteiger partial charge in [-0.2, -0.15) is 0 Å². The molecule has 2 N–H and O–H groups in total. The molecule has 0 aromatic carbocycles. The second-order valence-corrected chi connectivity index (χ2v) is 8.46. The lowest BCUT2D eigenvalue weighted by molar-refractivity contribution is 0.195. The summed E-state index contributed by atoms with van der Waals surface area (Å²) in [6, 6.07) is 0. The molecule has 1 heterocycles. The number of thioether (sulfide) groups is 2. The molecular weight excluding hydrogens is 240 g/mol. The highest BCUT2D eigenvalue weighted by Gasteiger charge is 2.39. The van der Waals surface area contributed by atoms with Gasteiger partial charge in [0.1, 0.15) is 0 Å². The highest BCUT2D eigenvalue weighted by molar-refractivity contribution is 8.21. The Kier molecular flexibility index (Phi) is 5.99. The summed E-state index contributed by atoms with van der Waals surface area (Å²) in [5, 5.41) is 18.1. The lowest BCUT2D eigenvalue weighted by Gasteiger charge is -2.36. The Labute approximate surface area is 108 Å². The van der Waals surface area contributed by atoms with Crippen molar-refractivity contribution in [1.82, 2.24) is 0 Å². The van der Waals surface area contributed by atoms with Crippen molar-refractivity contribution in [3.63, 3.8) is 0 Å². The van der Waals surface area contributed by atoms with Crippen LogP contribution in [0.25, 0.3) is 0 Å². The highest BCUT2D eigenvalue weighted by atomic mass is 32.2. The SMILES string of the molecule is CC(C)(CCO)CC1(CCCO)SCCS1. The van der Waals surface area contributed by atoms with Crippen LogP contribution in [0.4, 0.5) is 0 Å². The average Bonchev–Trinajstić information content (AvgIpc) is 2.63. The van der Waals surface area contributed by atoms with Gasteiger partial charge in [0.15, 0.2) is 0 Å². The van der Waals surface area contributed by atoms with Gasteiger partial charge in [0.05, 0.1) is 4.08 Å². The Morgan fingerprint density at radius 2 is 1.75 bits per heavy atom. The van der Waals surface area contributed by atoms with Crippen molar-refractivity contribution in [2.45, 2.75) is 43.6 Å². The first kappa shape index (κ1) is 14.7. The van der Waals surface area contributed by atoms with Gasteiger partial charge in [-0.15, -0.1) is 23.5 Å². The normalized spacial score (nSPS) is 20.2. The van der Waals surface area contributed by atoms with Crippen molar-refractivity contribution >= 4 is 23.5 Å². The molecule has 0 aliphatic carbocycles. The van der Waals surface area contributed by atoms with Gasteiger partial charge < -0.3 is 10.2 Å². The summed E-state index contributed by atoms with van der Waals surface area (Å²) in [6.07, 6.45) is 3.99. The number of hydrogen-bond acceptors (Lipinski definition) is 4. The maximum Gasteiger partial charge on any atom is 0.0617 e. The van der Waals surface area contributed by atoms with Crippen LogP contribution in [0.5, 0.6) is 0 Å². The molecule has 0 unspecified atom stereocenters. The van der Waals surface area contributed by atoms with Crippen LogP contribution in [0.1, 0.15) is 39.5 Å². The summed E-state index contributed by atoms with van der Waals surface area (Å²) >= 11 is 4.11. The minimum absolute atomic E-state index is 0.203. The summed E-state index contributed by atoms with van der Waals surface area (Å²) < 4.78 is 0.293. The van der Waals surface area contributed by atoms with Crippen LogP contribution in [0.2, 0.25) is 0 Å². The van der Waals surface area contributed by atoms with Crippen LogP contribution in [0.3, 0.4) is 0 Å². The molecule has 0 aromatic rings. The van der Waals surface area contributed by atoms with Crippen LogP contribution in [-0.4, -0.2) is 39.0 Å². The Morgan fingerprint density at radius 3 is 2.25 bits per heavy atom. The Bertz CT molecular complexity index is 201. The predicted octanol–water partition coefficient (Wildman–Crippen LogP) is 2.73. The topological polar surface area (TPSA) is 40.5 Å². The monoisotopic (exact) mass is 264 g/mol. The molecule has 1 aliphatic heterocycles. The van der Waals surface area contributed by atoms with E-state index in [9.17, 15) is 0 Å². The molecular formula is C12H24O2S2. The molecule has 0 aromatic heterocycles. The molecule has 1 aliphatic rings. The summed E-state index contributed by atoms with van der Waals surface area (Å²) in [5.41, 5.74) is 0.203. The first-order chi connectivity index (χ1) is 7.54. The van der Waals surface area contributed by atoms with Gasteiger partial charge in [0, 0.05) is 24.7 Å². The molecule has 1 saturated heterocycles. The fraction of sp³-hybridized carbons (Fsp3) is 1.00. The van der Waals surface area contributed by atoms with Gasteiger partial charge in [0.25, 0.3) is 0 Å². The highest BCUT2D eigenvalue weighted by Crippen LogP contribution is 2.53. The van der Waals surface area contributed by atoms with Crippen molar-refractivity contribution in [2.75, 3.05) is 24.7 Å². The van der Waals surface area contributed by atoms with E-state index in [1.54, 1.807) is 0 Å². The van der Waals surface area contributed by atoms with Crippen molar-refractivity contribution in [3.05, 3.63) is 0 Å². The van der Waals surface area contributed by atoms with Crippen molar-refractivity contribution < 1.29 is 10.2 Å². The molecule has 4 heteroatoms. The number of hydrogen-bond donors (Lipinski definition) is 2. The number of aliphatic hydroxyl groups excluding tert-OH is 2. The molecule has 0 spiro atoms. The third-order valence-electron chi connectivity index (χ3n) is 3.07. The van der Waals surface area contributed by atoms with E-state index < -0.39 is 0 Å². The molecule has 0 atom stereocenters. The third-order valence-corrected chi connectivity index (χ3v) is 6.60. The maximum absolute atomic E-state index is 9.08. The lowest BCUT2D eigenvalue weighted by Crippen LogP contribution is -2.28. The smallest absolute Gasteiger partial charge is 0.0617 e. The predicted molar refractivity (Wildman–Crippen MR) is 74.1 cm³/mol. The molecule has 0 bridgehead atoms. The van der Waals surface area contributed by atoms with E-state index in [4.69, 9.17) is 10.2 Å². The molecule has 96 valence electrons. The van der Waals surface area contributed by atoms with Crippen LogP contribution >= 0.6 is 23.5 Å². The molecule has 0 amide bonds. The van der Waals surface area contributed by atoms with Crippen molar-refractivity contribution in [1.29, 1.82) is 0 Å². The Morgan fingerprint density at radius 1 is 1.12 bits per heavy atom. The maximum atomic E-state index is 9.08. The number of rotatable bonds is 7. The molecule has 0 saturated carbocycles. The van der Waals surface area contributed by atoms with E-state index in [1.165, 1.54) is 11.5 Å². The van der Waals surface area contributed by atoms with Gasteiger partial charge in [-0.1, -0.05) is 13.8 Å². The molecule has 16 heavy (non-hydrogen) atoms. The zero-order chi connectivity index (χ0) is 12.1. The van der Waals surface area contributed by atoms with Gasteiger partial charge >= 0.3 is 0 Å². The third kappa shape index (κ3) is 4.47. The van der Waals surface area contributed by atoms with Crippen LogP contribution in [0.15, 0.2) is 0 Å². The Hall–Kier alpha value is 0.620. The van der Waals surface area contributed by atoms with E-state index in [-0.39, 0.29) is 12.0 Å². The summed E-state index contributed by atoms with van der Waals surface area (Å²) in [6.45, 7) is 5.05.